The molecule has 0 saturated heterocycles. The molecule has 0 heterocycles. The molecule has 0 radical (unpaired) electrons. The van der Waals surface area contributed by atoms with Gasteiger partial charge in [0.1, 0.15) is 0 Å². The van der Waals surface area contributed by atoms with Gasteiger partial charge < -0.3 is 10.2 Å². The summed E-state index contributed by atoms with van der Waals surface area (Å²) in [5, 5.41) is 18.7. The number of aliphatic carboxylic acids is 2. The fourth-order valence-corrected chi connectivity index (χ4v) is 3.08. The van der Waals surface area contributed by atoms with Gasteiger partial charge in [-0.2, -0.15) is 0 Å². The van der Waals surface area contributed by atoms with Gasteiger partial charge in [-0.15, -0.1) is 0 Å². The summed E-state index contributed by atoms with van der Waals surface area (Å²) in [5.41, 5.74) is -0.659. The lowest BCUT2D eigenvalue weighted by atomic mass is 9.68. The van der Waals surface area contributed by atoms with Crippen LogP contribution in [0.1, 0.15) is 74.1 Å². The maximum atomic E-state index is 11.8. The van der Waals surface area contributed by atoms with E-state index in [0.29, 0.717) is 12.8 Å². The highest BCUT2D eigenvalue weighted by atomic mass is 16.4. The fourth-order valence-electron chi connectivity index (χ4n) is 3.08. The smallest absolute Gasteiger partial charge is 0.309 e. The zero-order chi connectivity index (χ0) is 17.7. The summed E-state index contributed by atoms with van der Waals surface area (Å²) in [4.78, 5) is 22.7. The second-order valence-corrected chi connectivity index (χ2v) is 8.51. The van der Waals surface area contributed by atoms with E-state index in [9.17, 15) is 14.7 Å². The van der Waals surface area contributed by atoms with Gasteiger partial charge in [0, 0.05) is 0 Å². The van der Waals surface area contributed by atoms with Gasteiger partial charge >= 0.3 is 11.9 Å². The predicted octanol–water partition coefficient (Wildman–Crippen LogP) is 4.68. The Morgan fingerprint density at radius 2 is 1.50 bits per heavy atom. The summed E-state index contributed by atoms with van der Waals surface area (Å²) < 4.78 is 0. The van der Waals surface area contributed by atoms with Gasteiger partial charge in [0.05, 0.1) is 11.3 Å². The van der Waals surface area contributed by atoms with Crippen molar-refractivity contribution in [2.45, 2.75) is 74.1 Å². The van der Waals surface area contributed by atoms with E-state index in [1.165, 1.54) is 0 Å². The van der Waals surface area contributed by atoms with Gasteiger partial charge in [0.2, 0.25) is 0 Å². The molecule has 2 N–H and O–H groups in total. The molecule has 4 heteroatoms. The first kappa shape index (κ1) is 20.9. The first-order valence-electron chi connectivity index (χ1n) is 8.25. The van der Waals surface area contributed by atoms with Crippen LogP contribution in [0, 0.1) is 28.6 Å². The van der Waals surface area contributed by atoms with E-state index in [1.807, 2.05) is 20.8 Å². The maximum absolute atomic E-state index is 11.8. The van der Waals surface area contributed by atoms with Crippen LogP contribution in [0.5, 0.6) is 0 Å². The molecule has 22 heavy (non-hydrogen) atoms. The summed E-state index contributed by atoms with van der Waals surface area (Å²) in [7, 11) is 0. The molecular formula is C18H34O4. The van der Waals surface area contributed by atoms with Crippen LogP contribution in [0.25, 0.3) is 0 Å². The largest absolute Gasteiger partial charge is 0.481 e. The summed E-state index contributed by atoms with van der Waals surface area (Å²) in [6, 6.07) is 0. The SMILES string of the molecule is CC(CCC(C)(C(=O)O)C(C)CC(C)(C)C)CC(C)C(=O)O. The van der Waals surface area contributed by atoms with E-state index >= 15 is 0 Å². The predicted molar refractivity (Wildman–Crippen MR) is 88.8 cm³/mol. The number of carboxylic acid groups (broad SMARTS) is 2. The fraction of sp³-hybridized carbons (Fsp3) is 0.889. The van der Waals surface area contributed by atoms with Crippen LogP contribution >= 0.6 is 0 Å². The van der Waals surface area contributed by atoms with E-state index in [-0.39, 0.29) is 23.2 Å². The Kier molecular flexibility index (Phi) is 7.60. The number of carbonyl (C=O) groups is 2. The summed E-state index contributed by atoms with van der Waals surface area (Å²) in [6.45, 7) is 13.9. The standard InChI is InChI=1S/C18H34O4/c1-12(10-13(2)15(19)20)8-9-18(7,16(21)22)14(3)11-17(4,5)6/h12-14H,8-11H2,1-7H3,(H,19,20)(H,21,22). The third kappa shape index (κ3) is 6.80. The molecule has 0 rings (SSSR count). The monoisotopic (exact) mass is 314 g/mol. The molecule has 0 aromatic heterocycles. The minimum absolute atomic E-state index is 0.0779. The van der Waals surface area contributed by atoms with Gasteiger partial charge in [-0.3, -0.25) is 9.59 Å². The Hall–Kier alpha value is -1.06. The first-order chi connectivity index (χ1) is 9.79. The van der Waals surface area contributed by atoms with Crippen LogP contribution in [0.3, 0.4) is 0 Å². The highest BCUT2D eigenvalue weighted by Crippen LogP contribution is 2.41. The molecule has 0 aliphatic heterocycles. The van der Waals surface area contributed by atoms with Crippen molar-refractivity contribution in [2.75, 3.05) is 0 Å². The third-order valence-electron chi connectivity index (χ3n) is 4.83. The van der Waals surface area contributed by atoms with Crippen LogP contribution in [0.4, 0.5) is 0 Å². The maximum Gasteiger partial charge on any atom is 0.309 e. The molecule has 0 aromatic rings. The average molecular weight is 314 g/mol. The van der Waals surface area contributed by atoms with Gasteiger partial charge in [0.15, 0.2) is 0 Å². The molecule has 130 valence electrons. The van der Waals surface area contributed by atoms with Crippen molar-refractivity contribution in [1.82, 2.24) is 0 Å². The summed E-state index contributed by atoms with van der Waals surface area (Å²) >= 11 is 0. The Labute approximate surface area is 135 Å². The van der Waals surface area contributed by atoms with Crippen molar-refractivity contribution >= 4 is 11.9 Å². The molecule has 0 aliphatic carbocycles. The van der Waals surface area contributed by atoms with Crippen molar-refractivity contribution < 1.29 is 19.8 Å². The molecule has 4 atom stereocenters. The van der Waals surface area contributed by atoms with E-state index in [1.54, 1.807) is 6.92 Å². The Balaban J connectivity index is 4.77. The first-order valence-corrected chi connectivity index (χ1v) is 8.25. The van der Waals surface area contributed by atoms with Crippen molar-refractivity contribution in [1.29, 1.82) is 0 Å². The van der Waals surface area contributed by atoms with Gasteiger partial charge in [0.25, 0.3) is 0 Å². The lowest BCUT2D eigenvalue weighted by molar-refractivity contribution is -0.152. The molecule has 0 saturated carbocycles. The molecule has 0 spiro atoms. The van der Waals surface area contributed by atoms with Crippen LogP contribution < -0.4 is 0 Å². The van der Waals surface area contributed by atoms with Crippen LogP contribution in [0.15, 0.2) is 0 Å². The molecule has 0 aliphatic rings. The zero-order valence-corrected chi connectivity index (χ0v) is 15.3. The lowest BCUT2D eigenvalue weighted by Crippen LogP contribution is -2.37. The summed E-state index contributed by atoms with van der Waals surface area (Å²) in [5.74, 6) is -1.62. The van der Waals surface area contributed by atoms with E-state index in [0.717, 1.165) is 12.8 Å². The molecule has 4 unspecified atom stereocenters. The minimum Gasteiger partial charge on any atom is -0.481 e. The van der Waals surface area contributed by atoms with Crippen molar-refractivity contribution in [3.05, 3.63) is 0 Å². The Morgan fingerprint density at radius 3 is 1.86 bits per heavy atom. The van der Waals surface area contributed by atoms with E-state index in [2.05, 4.69) is 20.8 Å². The van der Waals surface area contributed by atoms with Gasteiger partial charge in [-0.1, -0.05) is 41.5 Å². The molecular weight excluding hydrogens is 280 g/mol. The van der Waals surface area contributed by atoms with Crippen LogP contribution in [-0.4, -0.2) is 22.2 Å². The highest BCUT2D eigenvalue weighted by Gasteiger charge is 2.40. The highest BCUT2D eigenvalue weighted by molar-refractivity contribution is 5.74. The molecule has 0 amide bonds. The second-order valence-electron chi connectivity index (χ2n) is 8.51. The van der Waals surface area contributed by atoms with Gasteiger partial charge in [-0.05, 0) is 49.9 Å². The molecule has 0 aromatic carbocycles. The second kappa shape index (κ2) is 7.98. The van der Waals surface area contributed by atoms with Gasteiger partial charge in [-0.25, -0.2) is 0 Å². The minimum atomic E-state index is -0.783. The summed E-state index contributed by atoms with van der Waals surface area (Å²) in [6.07, 6.45) is 2.79. The van der Waals surface area contributed by atoms with Crippen LogP contribution in [0.2, 0.25) is 0 Å². The zero-order valence-electron chi connectivity index (χ0n) is 15.3. The Bertz CT molecular complexity index is 383. The lowest BCUT2D eigenvalue weighted by Gasteiger charge is -2.36. The number of rotatable bonds is 9. The molecule has 4 nitrogen and oxygen atoms in total. The third-order valence-corrected chi connectivity index (χ3v) is 4.83. The topological polar surface area (TPSA) is 74.6 Å². The Morgan fingerprint density at radius 1 is 1.00 bits per heavy atom. The van der Waals surface area contributed by atoms with E-state index in [4.69, 9.17) is 5.11 Å². The van der Waals surface area contributed by atoms with Crippen LogP contribution in [-0.2, 0) is 9.59 Å². The van der Waals surface area contributed by atoms with Crippen molar-refractivity contribution in [2.24, 2.45) is 28.6 Å². The average Bonchev–Trinajstić information content (AvgIpc) is 2.33. The number of hydrogen-bond acceptors (Lipinski definition) is 2. The molecule has 0 bridgehead atoms. The van der Waals surface area contributed by atoms with E-state index < -0.39 is 17.4 Å². The molecule has 0 fully saturated rings. The quantitative estimate of drug-likeness (QED) is 0.648. The normalized spacial score (nSPS) is 19.0. The van der Waals surface area contributed by atoms with Crippen molar-refractivity contribution in [3.8, 4) is 0 Å². The number of hydrogen-bond donors (Lipinski definition) is 2. The number of carboxylic acids is 2. The van der Waals surface area contributed by atoms with Crippen molar-refractivity contribution in [3.63, 3.8) is 0 Å².